The van der Waals surface area contributed by atoms with Gasteiger partial charge in [-0.15, -0.1) is 0 Å². The molecule has 0 spiro atoms. The Kier molecular flexibility index (Phi) is 5.20. The van der Waals surface area contributed by atoms with Gasteiger partial charge in [0.05, 0.1) is 22.2 Å². The smallest absolute Gasteiger partial charge is 0.258 e. The Hall–Kier alpha value is -3.72. The molecule has 0 unspecified atom stereocenters. The van der Waals surface area contributed by atoms with Gasteiger partial charge < -0.3 is 16.0 Å². The number of nitrogens with one attached hydrogen (secondary N) is 4. The molecule has 10 heteroatoms. The summed E-state index contributed by atoms with van der Waals surface area (Å²) >= 11 is 6.07. The topological polar surface area (TPSA) is 116 Å². The second kappa shape index (κ2) is 7.96. The molecule has 0 bridgehead atoms. The van der Waals surface area contributed by atoms with Crippen molar-refractivity contribution in [2.45, 2.75) is 12.3 Å². The molecule has 8 nitrogen and oxygen atoms in total. The number of hydrogen-bond donors (Lipinski definition) is 4. The van der Waals surface area contributed by atoms with Gasteiger partial charge in [-0.3, -0.25) is 19.4 Å². The van der Waals surface area contributed by atoms with E-state index in [4.69, 9.17) is 11.6 Å². The average Bonchev–Trinajstić information content (AvgIpc) is 2.70. The molecule has 4 rings (SSSR count). The molecule has 2 heterocycles. The fraction of sp³-hybridized carbons (Fsp3) is 0.100. The van der Waals surface area contributed by atoms with E-state index in [1.807, 2.05) is 0 Å². The highest BCUT2D eigenvalue weighted by Gasteiger charge is 2.35. The van der Waals surface area contributed by atoms with E-state index in [1.54, 1.807) is 24.3 Å². The van der Waals surface area contributed by atoms with E-state index < -0.39 is 29.1 Å². The standard InChI is InChI=1S/C20H15ClFN5O3/c21-13-3-1-2-4-14(13)24-18(29)12-9-15(28)25-17-16(12)19(30)27-20(26-17)23-11-7-5-10(22)6-8-11/h1-8,12H,9H2,(H,24,29)(H3,23,25,26,27,28,30)/t12-/m1/s1. The lowest BCUT2D eigenvalue weighted by atomic mass is 9.92. The van der Waals surface area contributed by atoms with Gasteiger partial charge >= 0.3 is 0 Å². The van der Waals surface area contributed by atoms with E-state index >= 15 is 0 Å². The molecule has 2 aromatic carbocycles. The van der Waals surface area contributed by atoms with Crippen molar-refractivity contribution < 1.29 is 14.0 Å². The first-order valence-corrected chi connectivity index (χ1v) is 9.30. The zero-order chi connectivity index (χ0) is 21.3. The van der Waals surface area contributed by atoms with Crippen LogP contribution in [0.15, 0.2) is 53.3 Å². The number of aromatic nitrogens is 2. The Morgan fingerprint density at radius 2 is 1.87 bits per heavy atom. The van der Waals surface area contributed by atoms with Crippen molar-refractivity contribution in [1.82, 2.24) is 9.97 Å². The Balaban J connectivity index is 1.64. The second-order valence-electron chi connectivity index (χ2n) is 6.58. The van der Waals surface area contributed by atoms with Crippen LogP contribution in [-0.2, 0) is 9.59 Å². The van der Waals surface area contributed by atoms with E-state index in [1.165, 1.54) is 24.3 Å². The Bertz CT molecular complexity index is 1200. The number of halogens is 2. The summed E-state index contributed by atoms with van der Waals surface area (Å²) in [5, 5.41) is 8.32. The zero-order valence-corrected chi connectivity index (χ0v) is 16.1. The molecule has 1 aromatic heterocycles. The van der Waals surface area contributed by atoms with Gasteiger partial charge in [0.1, 0.15) is 11.6 Å². The summed E-state index contributed by atoms with van der Waals surface area (Å²) in [5.74, 6) is -2.43. The number of carbonyl (C=O) groups excluding carboxylic acids is 2. The minimum Gasteiger partial charge on any atom is -0.326 e. The van der Waals surface area contributed by atoms with E-state index in [0.29, 0.717) is 16.4 Å². The van der Waals surface area contributed by atoms with Crippen LogP contribution in [-0.4, -0.2) is 21.8 Å². The van der Waals surface area contributed by atoms with Crippen LogP contribution < -0.4 is 21.5 Å². The van der Waals surface area contributed by atoms with Gasteiger partial charge in [-0.1, -0.05) is 23.7 Å². The minimum absolute atomic E-state index is 0.0149. The maximum Gasteiger partial charge on any atom is 0.258 e. The van der Waals surface area contributed by atoms with E-state index in [0.717, 1.165) is 0 Å². The molecule has 2 amide bonds. The summed E-state index contributed by atoms with van der Waals surface area (Å²) in [4.78, 5) is 44.4. The fourth-order valence-corrected chi connectivity index (χ4v) is 3.29. The lowest BCUT2D eigenvalue weighted by Crippen LogP contribution is -2.36. The third-order valence-corrected chi connectivity index (χ3v) is 4.84. The van der Waals surface area contributed by atoms with Crippen molar-refractivity contribution in [3.05, 3.63) is 75.3 Å². The fourth-order valence-electron chi connectivity index (χ4n) is 3.11. The molecular weight excluding hydrogens is 413 g/mol. The predicted octanol–water partition coefficient (Wildman–Crippen LogP) is 3.37. The number of benzene rings is 2. The molecule has 4 N–H and O–H groups in total. The third-order valence-electron chi connectivity index (χ3n) is 4.51. The quantitative estimate of drug-likeness (QED) is 0.509. The molecule has 1 aliphatic heterocycles. The van der Waals surface area contributed by atoms with Crippen LogP contribution in [0.2, 0.25) is 5.02 Å². The number of amides is 2. The number of anilines is 4. The molecule has 0 radical (unpaired) electrons. The molecule has 0 fully saturated rings. The van der Waals surface area contributed by atoms with E-state index in [2.05, 4.69) is 25.9 Å². The van der Waals surface area contributed by atoms with Gasteiger partial charge in [0.2, 0.25) is 17.8 Å². The third kappa shape index (κ3) is 4.01. The number of carbonyl (C=O) groups is 2. The van der Waals surface area contributed by atoms with Crippen LogP contribution >= 0.6 is 11.6 Å². The molecule has 0 saturated carbocycles. The Morgan fingerprint density at radius 1 is 1.13 bits per heavy atom. The largest absolute Gasteiger partial charge is 0.326 e. The molecule has 1 atom stereocenters. The summed E-state index contributed by atoms with van der Waals surface area (Å²) < 4.78 is 13.1. The Labute approximate surface area is 174 Å². The second-order valence-corrected chi connectivity index (χ2v) is 6.99. The van der Waals surface area contributed by atoms with Crippen molar-refractivity contribution in [2.24, 2.45) is 0 Å². The molecule has 3 aromatic rings. The van der Waals surface area contributed by atoms with Gasteiger partial charge in [0, 0.05) is 12.1 Å². The first-order valence-electron chi connectivity index (χ1n) is 8.93. The lowest BCUT2D eigenvalue weighted by molar-refractivity contribution is -0.123. The van der Waals surface area contributed by atoms with Crippen molar-refractivity contribution in [3.8, 4) is 0 Å². The molecule has 1 aliphatic rings. The van der Waals surface area contributed by atoms with Crippen molar-refractivity contribution in [3.63, 3.8) is 0 Å². The van der Waals surface area contributed by atoms with Gasteiger partial charge in [0.15, 0.2) is 0 Å². The van der Waals surface area contributed by atoms with Crippen LogP contribution in [0.4, 0.5) is 27.5 Å². The van der Waals surface area contributed by atoms with Crippen LogP contribution in [0.25, 0.3) is 0 Å². The van der Waals surface area contributed by atoms with Crippen LogP contribution in [0.3, 0.4) is 0 Å². The van der Waals surface area contributed by atoms with Gasteiger partial charge in [-0.25, -0.2) is 4.39 Å². The van der Waals surface area contributed by atoms with Crippen molar-refractivity contribution >= 4 is 46.6 Å². The summed E-state index contributed by atoms with van der Waals surface area (Å²) in [5.41, 5.74) is 0.318. The first kappa shape index (κ1) is 19.6. The van der Waals surface area contributed by atoms with Gasteiger partial charge in [-0.05, 0) is 36.4 Å². The summed E-state index contributed by atoms with van der Waals surface area (Å²) in [6, 6.07) is 12.1. The predicted molar refractivity (Wildman–Crippen MR) is 111 cm³/mol. The number of H-pyrrole nitrogens is 1. The number of aromatic amines is 1. The minimum atomic E-state index is -1.04. The number of fused-ring (bicyclic) bond motifs is 1. The SMILES string of the molecule is O=C1C[C@@H](C(=O)Nc2ccccc2Cl)c2c(nc(Nc3ccc(F)cc3)[nH]c2=O)N1. The van der Waals surface area contributed by atoms with Crippen molar-refractivity contribution in [2.75, 3.05) is 16.0 Å². The van der Waals surface area contributed by atoms with Gasteiger partial charge in [0.25, 0.3) is 5.56 Å². The molecule has 30 heavy (non-hydrogen) atoms. The highest BCUT2D eigenvalue weighted by Crippen LogP contribution is 2.31. The zero-order valence-electron chi connectivity index (χ0n) is 15.3. The first-order chi connectivity index (χ1) is 14.4. The number of nitrogens with zero attached hydrogens (tertiary/aromatic N) is 1. The molecular formula is C20H15ClFN5O3. The maximum absolute atomic E-state index is 13.1. The lowest BCUT2D eigenvalue weighted by Gasteiger charge is -2.23. The highest BCUT2D eigenvalue weighted by atomic mass is 35.5. The van der Waals surface area contributed by atoms with Crippen molar-refractivity contribution in [1.29, 1.82) is 0 Å². The summed E-state index contributed by atoms with van der Waals surface area (Å²) in [7, 11) is 0. The van der Waals surface area contributed by atoms with Crippen LogP contribution in [0.1, 0.15) is 17.9 Å². The van der Waals surface area contributed by atoms with E-state index in [9.17, 15) is 18.8 Å². The van der Waals surface area contributed by atoms with Crippen LogP contribution in [0.5, 0.6) is 0 Å². The van der Waals surface area contributed by atoms with E-state index in [-0.39, 0.29) is 23.8 Å². The summed E-state index contributed by atoms with van der Waals surface area (Å²) in [6.45, 7) is 0. The number of para-hydroxylation sites is 1. The normalized spacial score (nSPS) is 15.1. The van der Waals surface area contributed by atoms with Gasteiger partial charge in [-0.2, -0.15) is 4.98 Å². The molecule has 0 aliphatic carbocycles. The number of rotatable bonds is 4. The highest BCUT2D eigenvalue weighted by molar-refractivity contribution is 6.33. The number of hydrogen-bond acceptors (Lipinski definition) is 5. The molecule has 0 saturated heterocycles. The maximum atomic E-state index is 13.1. The molecule has 152 valence electrons. The monoisotopic (exact) mass is 427 g/mol. The van der Waals surface area contributed by atoms with Crippen LogP contribution in [0, 0.1) is 5.82 Å². The average molecular weight is 428 g/mol. The summed E-state index contributed by atoms with van der Waals surface area (Å²) in [6.07, 6.45) is -0.210. The Morgan fingerprint density at radius 3 is 2.60 bits per heavy atom.